The largest absolute Gasteiger partial charge is 0.380 e. The van der Waals surface area contributed by atoms with Crippen molar-refractivity contribution in [3.05, 3.63) is 34.9 Å². The summed E-state index contributed by atoms with van der Waals surface area (Å²) in [5.74, 6) is 0.533. The molecular formula is C16H24N2O. The van der Waals surface area contributed by atoms with E-state index in [0.29, 0.717) is 12.0 Å². The van der Waals surface area contributed by atoms with Gasteiger partial charge >= 0.3 is 0 Å². The second-order valence-electron chi connectivity index (χ2n) is 5.14. The minimum Gasteiger partial charge on any atom is -0.380 e. The zero-order valence-corrected chi connectivity index (χ0v) is 12.4. The molecule has 3 heteroatoms. The molecule has 1 aromatic carbocycles. The maximum Gasteiger partial charge on any atom is 0.0991 e. The zero-order chi connectivity index (χ0) is 14.3. The summed E-state index contributed by atoms with van der Waals surface area (Å²) in [6.07, 6.45) is 0. The predicted molar refractivity (Wildman–Crippen MR) is 77.9 cm³/mol. The zero-order valence-electron chi connectivity index (χ0n) is 12.4. The van der Waals surface area contributed by atoms with Crippen LogP contribution >= 0.6 is 0 Å². The van der Waals surface area contributed by atoms with Gasteiger partial charge in [0.15, 0.2) is 0 Å². The summed E-state index contributed by atoms with van der Waals surface area (Å²) in [5, 5.41) is 12.4. The fraction of sp³-hybridized carbons (Fsp3) is 0.562. The van der Waals surface area contributed by atoms with Crippen molar-refractivity contribution < 1.29 is 4.74 Å². The Labute approximate surface area is 116 Å². The van der Waals surface area contributed by atoms with Crippen LogP contribution < -0.4 is 5.32 Å². The average molecular weight is 260 g/mol. The molecule has 0 aliphatic carbocycles. The molecule has 1 unspecified atom stereocenters. The van der Waals surface area contributed by atoms with Crippen LogP contribution in [0.25, 0.3) is 0 Å². The highest BCUT2D eigenvalue weighted by atomic mass is 16.5. The number of nitrogens with zero attached hydrogens (tertiary/aromatic N) is 1. The number of aryl methyl sites for hydroxylation is 1. The van der Waals surface area contributed by atoms with Crippen molar-refractivity contribution in [3.63, 3.8) is 0 Å². The Kier molecular flexibility index (Phi) is 6.55. The molecule has 0 fully saturated rings. The van der Waals surface area contributed by atoms with E-state index >= 15 is 0 Å². The van der Waals surface area contributed by atoms with E-state index in [9.17, 15) is 0 Å². The molecule has 1 atom stereocenters. The predicted octanol–water partition coefficient (Wildman–Crippen LogP) is 3.02. The Morgan fingerprint density at radius 3 is 2.63 bits per heavy atom. The van der Waals surface area contributed by atoms with Crippen molar-refractivity contribution in [2.75, 3.05) is 13.2 Å². The summed E-state index contributed by atoms with van der Waals surface area (Å²) in [7, 11) is 0. The van der Waals surface area contributed by atoms with Gasteiger partial charge in [-0.15, -0.1) is 0 Å². The van der Waals surface area contributed by atoms with Gasteiger partial charge in [-0.05, 0) is 43.0 Å². The lowest BCUT2D eigenvalue weighted by Gasteiger charge is -2.22. The van der Waals surface area contributed by atoms with Crippen LogP contribution in [0.15, 0.2) is 18.2 Å². The molecule has 0 saturated heterocycles. The van der Waals surface area contributed by atoms with Crippen LogP contribution in [0.1, 0.15) is 37.5 Å². The summed E-state index contributed by atoms with van der Waals surface area (Å²) in [6.45, 7) is 10.8. The van der Waals surface area contributed by atoms with E-state index in [1.54, 1.807) is 0 Å². The topological polar surface area (TPSA) is 45.0 Å². The van der Waals surface area contributed by atoms with Crippen molar-refractivity contribution in [2.24, 2.45) is 5.92 Å². The molecule has 1 N–H and O–H groups in total. The first-order chi connectivity index (χ1) is 9.08. The summed E-state index contributed by atoms with van der Waals surface area (Å²) < 4.78 is 5.51. The Morgan fingerprint density at radius 2 is 2.11 bits per heavy atom. The SMILES string of the molecule is CCOCC(NCc1ccc(C#N)cc1C)C(C)C. The van der Waals surface area contributed by atoms with Gasteiger partial charge in [0.2, 0.25) is 0 Å². The van der Waals surface area contributed by atoms with E-state index in [2.05, 4.69) is 25.2 Å². The monoisotopic (exact) mass is 260 g/mol. The highest BCUT2D eigenvalue weighted by Gasteiger charge is 2.13. The van der Waals surface area contributed by atoms with Crippen molar-refractivity contribution in [2.45, 2.75) is 40.3 Å². The third-order valence-electron chi connectivity index (χ3n) is 3.33. The number of benzene rings is 1. The van der Waals surface area contributed by atoms with Crippen LogP contribution in [0, 0.1) is 24.2 Å². The van der Waals surface area contributed by atoms with E-state index in [-0.39, 0.29) is 0 Å². The number of nitrogens with one attached hydrogen (secondary N) is 1. The molecule has 1 rings (SSSR count). The summed E-state index contributed by atoms with van der Waals surface area (Å²) >= 11 is 0. The number of hydrogen-bond acceptors (Lipinski definition) is 3. The van der Waals surface area contributed by atoms with Gasteiger partial charge in [0.05, 0.1) is 18.2 Å². The van der Waals surface area contributed by atoms with Crippen LogP contribution in [0.3, 0.4) is 0 Å². The van der Waals surface area contributed by atoms with Crippen molar-refractivity contribution in [1.29, 1.82) is 5.26 Å². The van der Waals surface area contributed by atoms with E-state index in [1.165, 1.54) is 5.56 Å². The second kappa shape index (κ2) is 7.93. The van der Waals surface area contributed by atoms with E-state index < -0.39 is 0 Å². The highest BCUT2D eigenvalue weighted by Crippen LogP contribution is 2.12. The quantitative estimate of drug-likeness (QED) is 0.819. The first-order valence-electron chi connectivity index (χ1n) is 6.89. The van der Waals surface area contributed by atoms with E-state index in [4.69, 9.17) is 10.00 Å². The molecule has 0 saturated carbocycles. The highest BCUT2D eigenvalue weighted by molar-refractivity contribution is 5.37. The molecule has 0 aromatic heterocycles. The third kappa shape index (κ3) is 5.02. The van der Waals surface area contributed by atoms with Gasteiger partial charge in [-0.25, -0.2) is 0 Å². The number of rotatable bonds is 7. The smallest absolute Gasteiger partial charge is 0.0991 e. The van der Waals surface area contributed by atoms with Gasteiger partial charge in [0, 0.05) is 19.2 Å². The first-order valence-corrected chi connectivity index (χ1v) is 6.89. The number of ether oxygens (including phenoxy) is 1. The standard InChI is InChI=1S/C16H24N2O/c1-5-19-11-16(12(2)3)18-10-15-7-6-14(9-17)8-13(15)4/h6-8,12,16,18H,5,10-11H2,1-4H3. The summed E-state index contributed by atoms with van der Waals surface area (Å²) in [6, 6.07) is 8.36. The minimum absolute atomic E-state index is 0.356. The lowest BCUT2D eigenvalue weighted by molar-refractivity contribution is 0.108. The molecule has 0 aliphatic heterocycles. The Bertz CT molecular complexity index is 435. The van der Waals surface area contributed by atoms with E-state index in [1.807, 2.05) is 32.0 Å². The van der Waals surface area contributed by atoms with Crippen molar-refractivity contribution >= 4 is 0 Å². The van der Waals surface area contributed by atoms with Crippen LogP contribution in [-0.4, -0.2) is 19.3 Å². The first kappa shape index (κ1) is 15.7. The molecule has 0 amide bonds. The third-order valence-corrected chi connectivity index (χ3v) is 3.33. The normalized spacial score (nSPS) is 12.4. The lowest BCUT2D eigenvalue weighted by atomic mass is 10.0. The Hall–Kier alpha value is -1.37. The number of hydrogen-bond donors (Lipinski definition) is 1. The fourth-order valence-corrected chi connectivity index (χ4v) is 1.94. The maximum atomic E-state index is 8.86. The molecule has 0 bridgehead atoms. The maximum absolute atomic E-state index is 8.86. The summed E-state index contributed by atoms with van der Waals surface area (Å²) in [4.78, 5) is 0. The molecular weight excluding hydrogens is 236 g/mol. The number of nitriles is 1. The Balaban J connectivity index is 2.61. The van der Waals surface area contributed by atoms with Gasteiger partial charge in [0.25, 0.3) is 0 Å². The molecule has 104 valence electrons. The van der Waals surface area contributed by atoms with E-state index in [0.717, 1.165) is 30.9 Å². The molecule has 1 aromatic rings. The fourth-order valence-electron chi connectivity index (χ4n) is 1.94. The molecule has 0 radical (unpaired) electrons. The van der Waals surface area contributed by atoms with Crippen LogP contribution in [0.2, 0.25) is 0 Å². The van der Waals surface area contributed by atoms with Gasteiger partial charge in [0.1, 0.15) is 0 Å². The Morgan fingerprint density at radius 1 is 1.37 bits per heavy atom. The van der Waals surface area contributed by atoms with Crippen LogP contribution in [-0.2, 0) is 11.3 Å². The lowest BCUT2D eigenvalue weighted by Crippen LogP contribution is -2.37. The molecule has 3 nitrogen and oxygen atoms in total. The van der Waals surface area contributed by atoms with Crippen LogP contribution in [0.4, 0.5) is 0 Å². The molecule has 0 heterocycles. The molecule has 0 spiro atoms. The molecule has 0 aliphatic rings. The van der Waals surface area contributed by atoms with Gasteiger partial charge in [-0.3, -0.25) is 0 Å². The van der Waals surface area contributed by atoms with Gasteiger partial charge in [-0.1, -0.05) is 19.9 Å². The van der Waals surface area contributed by atoms with Crippen molar-refractivity contribution in [3.8, 4) is 6.07 Å². The van der Waals surface area contributed by atoms with Crippen molar-refractivity contribution in [1.82, 2.24) is 5.32 Å². The van der Waals surface area contributed by atoms with Crippen LogP contribution in [0.5, 0.6) is 0 Å². The molecule has 19 heavy (non-hydrogen) atoms. The van der Waals surface area contributed by atoms with Gasteiger partial charge in [-0.2, -0.15) is 5.26 Å². The second-order valence-corrected chi connectivity index (χ2v) is 5.14. The minimum atomic E-state index is 0.356. The summed E-state index contributed by atoms with van der Waals surface area (Å²) in [5.41, 5.74) is 3.11. The van der Waals surface area contributed by atoms with Gasteiger partial charge < -0.3 is 10.1 Å². The average Bonchev–Trinajstić information content (AvgIpc) is 2.39.